The Balaban J connectivity index is 1.94. The van der Waals surface area contributed by atoms with E-state index in [1.54, 1.807) is 0 Å². The minimum absolute atomic E-state index is 0.329. The predicted octanol–water partition coefficient (Wildman–Crippen LogP) is 0.730. The third kappa shape index (κ3) is 1.32. The minimum Gasteiger partial charge on any atom is -0.480 e. The number of hydrogen-bond acceptors (Lipinski definition) is 3. The molecule has 0 aromatic carbocycles. The molecule has 4 aliphatic carbocycles. The molecule has 16 heavy (non-hydrogen) atoms. The lowest BCUT2D eigenvalue weighted by Gasteiger charge is -2.61. The van der Waals surface area contributed by atoms with Gasteiger partial charge in [-0.05, 0) is 55.8 Å². The van der Waals surface area contributed by atoms with Gasteiger partial charge in [0.25, 0.3) is 0 Å². The van der Waals surface area contributed by atoms with Gasteiger partial charge in [0.2, 0.25) is 0 Å². The Kier molecular flexibility index (Phi) is 1.97. The highest BCUT2D eigenvalue weighted by atomic mass is 16.4. The monoisotopic (exact) mass is 225 g/mol. The lowest BCUT2D eigenvalue weighted by molar-refractivity contribution is -0.179. The van der Waals surface area contributed by atoms with Crippen LogP contribution < -0.4 is 5.73 Å². The van der Waals surface area contributed by atoms with Gasteiger partial charge in [-0.1, -0.05) is 0 Å². The summed E-state index contributed by atoms with van der Waals surface area (Å²) >= 11 is 0. The van der Waals surface area contributed by atoms with Crippen LogP contribution in [0, 0.1) is 17.3 Å². The first-order valence-electron chi connectivity index (χ1n) is 6.13. The second kappa shape index (κ2) is 2.99. The normalized spacial score (nSPS) is 51.6. The molecule has 5 atom stereocenters. The summed E-state index contributed by atoms with van der Waals surface area (Å²) in [5.74, 6) is 0.0823. The highest BCUT2D eigenvalue weighted by molar-refractivity contribution is 5.74. The maximum atomic E-state index is 11.1. The zero-order chi connectivity index (χ0) is 11.6. The average Bonchev–Trinajstić information content (AvgIpc) is 2.12. The van der Waals surface area contributed by atoms with Crippen LogP contribution in [0.15, 0.2) is 0 Å². The molecular weight excluding hydrogens is 206 g/mol. The van der Waals surface area contributed by atoms with E-state index in [4.69, 9.17) is 10.8 Å². The van der Waals surface area contributed by atoms with Crippen molar-refractivity contribution in [3.05, 3.63) is 0 Å². The van der Waals surface area contributed by atoms with Crippen LogP contribution in [-0.4, -0.2) is 27.8 Å². The molecule has 4 rings (SSSR count). The number of carboxylic acid groups (broad SMARTS) is 1. The van der Waals surface area contributed by atoms with Crippen molar-refractivity contribution in [2.75, 3.05) is 0 Å². The highest BCUT2D eigenvalue weighted by Crippen LogP contribution is 2.62. The van der Waals surface area contributed by atoms with Crippen molar-refractivity contribution < 1.29 is 15.0 Å². The lowest BCUT2D eigenvalue weighted by Crippen LogP contribution is -2.62. The van der Waals surface area contributed by atoms with E-state index in [9.17, 15) is 9.90 Å². The maximum Gasteiger partial charge on any atom is 0.321 e. The van der Waals surface area contributed by atoms with E-state index in [-0.39, 0.29) is 5.41 Å². The largest absolute Gasteiger partial charge is 0.480 e. The van der Waals surface area contributed by atoms with Gasteiger partial charge in [0.15, 0.2) is 0 Å². The van der Waals surface area contributed by atoms with Crippen molar-refractivity contribution >= 4 is 5.97 Å². The first-order chi connectivity index (χ1) is 7.42. The number of carboxylic acids is 1. The Labute approximate surface area is 94.8 Å². The summed E-state index contributed by atoms with van der Waals surface area (Å²) in [6.07, 6.45) is 5.28. The Bertz CT molecular complexity index is 327. The summed E-state index contributed by atoms with van der Waals surface area (Å²) in [6.45, 7) is 0. The van der Waals surface area contributed by atoms with Crippen molar-refractivity contribution in [1.29, 1.82) is 0 Å². The van der Waals surface area contributed by atoms with E-state index in [1.807, 2.05) is 0 Å². The van der Waals surface area contributed by atoms with Crippen LogP contribution in [-0.2, 0) is 4.79 Å². The number of carbonyl (C=O) groups is 1. The minimum atomic E-state index is -0.912. The molecule has 4 bridgehead atoms. The van der Waals surface area contributed by atoms with Crippen molar-refractivity contribution in [3.63, 3.8) is 0 Å². The Morgan fingerprint density at radius 2 is 1.81 bits per heavy atom. The van der Waals surface area contributed by atoms with Crippen LogP contribution in [0.5, 0.6) is 0 Å². The summed E-state index contributed by atoms with van der Waals surface area (Å²) in [5.41, 5.74) is 4.92. The molecule has 0 heterocycles. The SMILES string of the molecule is NC(C(=O)O)C12C[C@@H]3C[C@@H](CC(O)(C3)C1)C2. The van der Waals surface area contributed by atoms with Crippen LogP contribution in [0.2, 0.25) is 0 Å². The van der Waals surface area contributed by atoms with E-state index in [0.717, 1.165) is 32.1 Å². The zero-order valence-corrected chi connectivity index (χ0v) is 9.35. The third-order valence-electron chi connectivity index (χ3n) is 5.00. The smallest absolute Gasteiger partial charge is 0.321 e. The molecule has 0 radical (unpaired) electrons. The molecule has 3 unspecified atom stereocenters. The summed E-state index contributed by atoms with van der Waals surface area (Å²) in [6, 6.07) is -0.801. The summed E-state index contributed by atoms with van der Waals surface area (Å²) in [5, 5.41) is 19.6. The molecule has 4 aliphatic rings. The van der Waals surface area contributed by atoms with Crippen molar-refractivity contribution in [1.82, 2.24) is 0 Å². The molecule has 90 valence electrons. The number of nitrogens with two attached hydrogens (primary N) is 1. The van der Waals surface area contributed by atoms with Gasteiger partial charge >= 0.3 is 5.97 Å². The molecule has 4 N–H and O–H groups in total. The molecular formula is C12H19NO3. The van der Waals surface area contributed by atoms with Crippen molar-refractivity contribution in [2.24, 2.45) is 23.0 Å². The summed E-state index contributed by atoms with van der Waals surface area (Å²) in [7, 11) is 0. The predicted molar refractivity (Wildman–Crippen MR) is 57.7 cm³/mol. The van der Waals surface area contributed by atoms with E-state index in [0.29, 0.717) is 18.3 Å². The Morgan fingerprint density at radius 3 is 2.25 bits per heavy atom. The standard InChI is InChI=1S/C12H19NO3/c13-9(10(14)15)11-2-7-1-8(3-11)5-12(16,4-7)6-11/h7-9,16H,1-6,13H2,(H,14,15)/t7-,8+,9?,11?,12?. The molecule has 0 amide bonds. The molecule has 0 saturated heterocycles. The molecule has 4 saturated carbocycles. The highest BCUT2D eigenvalue weighted by Gasteiger charge is 2.60. The summed E-state index contributed by atoms with van der Waals surface area (Å²) < 4.78 is 0. The molecule has 0 aromatic heterocycles. The molecule has 0 aromatic rings. The van der Waals surface area contributed by atoms with E-state index < -0.39 is 17.6 Å². The first kappa shape index (κ1) is 10.5. The zero-order valence-electron chi connectivity index (χ0n) is 9.35. The van der Waals surface area contributed by atoms with Crippen molar-refractivity contribution in [2.45, 2.75) is 50.2 Å². The topological polar surface area (TPSA) is 83.6 Å². The molecule has 4 heteroatoms. The fraction of sp³-hybridized carbons (Fsp3) is 0.917. The van der Waals surface area contributed by atoms with Gasteiger partial charge in [-0.25, -0.2) is 0 Å². The van der Waals surface area contributed by atoms with Gasteiger partial charge in [-0.15, -0.1) is 0 Å². The summed E-state index contributed by atoms with van der Waals surface area (Å²) in [4.78, 5) is 11.1. The Morgan fingerprint density at radius 1 is 1.25 bits per heavy atom. The van der Waals surface area contributed by atoms with Gasteiger partial charge in [0, 0.05) is 0 Å². The molecule has 0 spiro atoms. The van der Waals surface area contributed by atoms with E-state index >= 15 is 0 Å². The van der Waals surface area contributed by atoms with Gasteiger partial charge in [0.05, 0.1) is 5.60 Å². The first-order valence-corrected chi connectivity index (χ1v) is 6.13. The van der Waals surface area contributed by atoms with Gasteiger partial charge in [-0.3, -0.25) is 4.79 Å². The van der Waals surface area contributed by atoms with Crippen LogP contribution in [0.4, 0.5) is 0 Å². The van der Waals surface area contributed by atoms with Crippen molar-refractivity contribution in [3.8, 4) is 0 Å². The quantitative estimate of drug-likeness (QED) is 0.647. The second-order valence-electron chi connectivity index (χ2n) is 6.36. The fourth-order valence-electron chi connectivity index (χ4n) is 4.91. The molecule has 4 nitrogen and oxygen atoms in total. The maximum absolute atomic E-state index is 11.1. The average molecular weight is 225 g/mol. The lowest BCUT2D eigenvalue weighted by atomic mass is 9.46. The van der Waals surface area contributed by atoms with Crippen LogP contribution >= 0.6 is 0 Å². The number of aliphatic hydroxyl groups is 1. The van der Waals surface area contributed by atoms with Gasteiger partial charge in [-0.2, -0.15) is 0 Å². The van der Waals surface area contributed by atoms with Crippen LogP contribution in [0.1, 0.15) is 38.5 Å². The third-order valence-corrected chi connectivity index (χ3v) is 5.00. The molecule has 4 fully saturated rings. The van der Waals surface area contributed by atoms with Gasteiger partial charge < -0.3 is 15.9 Å². The van der Waals surface area contributed by atoms with Crippen LogP contribution in [0.25, 0.3) is 0 Å². The molecule has 0 aliphatic heterocycles. The number of hydrogen-bond donors (Lipinski definition) is 3. The Hall–Kier alpha value is -0.610. The van der Waals surface area contributed by atoms with Gasteiger partial charge in [0.1, 0.15) is 6.04 Å². The fourth-order valence-corrected chi connectivity index (χ4v) is 4.91. The number of aliphatic carboxylic acids is 1. The van der Waals surface area contributed by atoms with Crippen LogP contribution in [0.3, 0.4) is 0 Å². The van der Waals surface area contributed by atoms with E-state index in [2.05, 4.69) is 0 Å². The second-order valence-corrected chi connectivity index (χ2v) is 6.36. The van der Waals surface area contributed by atoms with E-state index in [1.165, 1.54) is 0 Å². The number of rotatable bonds is 2.